The quantitative estimate of drug-likeness (QED) is 0.545. The van der Waals surface area contributed by atoms with Gasteiger partial charge in [-0.15, -0.1) is 0 Å². The van der Waals surface area contributed by atoms with E-state index in [1.54, 1.807) is 0 Å². The molecule has 1 aromatic heterocycles. The molecular formula is C8H4Br2F5N. The summed E-state index contributed by atoms with van der Waals surface area (Å²) in [4.78, 5) is 3.04. The van der Waals surface area contributed by atoms with Crippen LogP contribution in [0.2, 0.25) is 0 Å². The van der Waals surface area contributed by atoms with Gasteiger partial charge >= 0.3 is 6.18 Å². The summed E-state index contributed by atoms with van der Waals surface area (Å²) in [5.41, 5.74) is -2.05. The first-order valence-electron chi connectivity index (χ1n) is 3.87. The standard InChI is InChI=1S/C8H4Br2F5N/c9-1-3-5(10)4(7(11)12)2-16-6(3)8(13,14)15/h2,7H,1H2. The lowest BCUT2D eigenvalue weighted by molar-refractivity contribution is -0.141. The summed E-state index contributed by atoms with van der Waals surface area (Å²) >= 11 is 5.56. The summed E-state index contributed by atoms with van der Waals surface area (Å²) in [5.74, 6) is 0. The summed E-state index contributed by atoms with van der Waals surface area (Å²) in [7, 11) is 0. The first-order valence-corrected chi connectivity index (χ1v) is 5.79. The first kappa shape index (κ1) is 13.8. The Bertz CT molecular complexity index is 391. The Hall–Kier alpha value is -0.240. The minimum atomic E-state index is -4.66. The van der Waals surface area contributed by atoms with Crippen LogP contribution >= 0.6 is 31.9 Å². The van der Waals surface area contributed by atoms with Crippen molar-refractivity contribution in [2.45, 2.75) is 17.9 Å². The molecule has 0 bridgehead atoms. The van der Waals surface area contributed by atoms with Crippen LogP contribution in [0.3, 0.4) is 0 Å². The van der Waals surface area contributed by atoms with E-state index in [9.17, 15) is 22.0 Å². The molecule has 0 aliphatic heterocycles. The van der Waals surface area contributed by atoms with Gasteiger partial charge in [0.1, 0.15) is 5.69 Å². The molecule has 0 atom stereocenters. The molecule has 0 aromatic carbocycles. The fourth-order valence-electron chi connectivity index (χ4n) is 1.07. The second-order valence-corrected chi connectivity index (χ2v) is 4.14. The van der Waals surface area contributed by atoms with Gasteiger partial charge in [0.05, 0.1) is 5.56 Å². The molecule has 1 nitrogen and oxygen atoms in total. The Morgan fingerprint density at radius 3 is 2.25 bits per heavy atom. The van der Waals surface area contributed by atoms with E-state index in [1.165, 1.54) is 0 Å². The molecule has 8 heteroatoms. The average Bonchev–Trinajstić information content (AvgIpc) is 2.15. The van der Waals surface area contributed by atoms with Gasteiger partial charge in [-0.3, -0.25) is 4.98 Å². The van der Waals surface area contributed by atoms with Gasteiger partial charge in [-0.2, -0.15) is 13.2 Å². The lowest BCUT2D eigenvalue weighted by Gasteiger charge is -2.14. The zero-order chi connectivity index (χ0) is 12.5. The lowest BCUT2D eigenvalue weighted by Crippen LogP contribution is -2.13. The number of rotatable bonds is 2. The maximum absolute atomic E-state index is 12.5. The van der Waals surface area contributed by atoms with Crippen molar-refractivity contribution in [3.63, 3.8) is 0 Å². The Morgan fingerprint density at radius 2 is 1.88 bits per heavy atom. The predicted octanol–water partition coefficient (Wildman–Crippen LogP) is 4.70. The average molecular weight is 369 g/mol. The van der Waals surface area contributed by atoms with E-state index >= 15 is 0 Å². The number of nitrogens with zero attached hydrogens (tertiary/aromatic N) is 1. The molecule has 0 unspecified atom stereocenters. The number of hydrogen-bond acceptors (Lipinski definition) is 1. The highest BCUT2D eigenvalue weighted by Crippen LogP contribution is 2.38. The first-order chi connectivity index (χ1) is 7.29. The van der Waals surface area contributed by atoms with Crippen LogP contribution in [0.25, 0.3) is 0 Å². The van der Waals surface area contributed by atoms with Gasteiger partial charge in [0, 0.05) is 21.6 Å². The molecule has 1 aromatic rings. The number of pyridine rings is 1. The maximum Gasteiger partial charge on any atom is 0.433 e. The van der Waals surface area contributed by atoms with Crippen molar-refractivity contribution in [1.82, 2.24) is 4.98 Å². The zero-order valence-corrected chi connectivity index (χ0v) is 10.6. The predicted molar refractivity (Wildman–Crippen MR) is 54.5 cm³/mol. The maximum atomic E-state index is 12.5. The molecule has 0 radical (unpaired) electrons. The Labute approximate surface area is 104 Å². The topological polar surface area (TPSA) is 12.9 Å². The summed E-state index contributed by atoms with van der Waals surface area (Å²) in [6, 6.07) is 0. The van der Waals surface area contributed by atoms with Gasteiger partial charge < -0.3 is 0 Å². The number of hydrogen-bond donors (Lipinski definition) is 0. The molecule has 0 saturated heterocycles. The van der Waals surface area contributed by atoms with E-state index in [0.29, 0.717) is 6.20 Å². The van der Waals surface area contributed by atoms with Crippen LogP contribution in [0.15, 0.2) is 10.7 Å². The fraction of sp³-hybridized carbons (Fsp3) is 0.375. The lowest BCUT2D eigenvalue weighted by atomic mass is 10.1. The molecule has 0 N–H and O–H groups in total. The van der Waals surface area contributed by atoms with Crippen LogP contribution in [0, 0.1) is 0 Å². The highest BCUT2D eigenvalue weighted by atomic mass is 79.9. The molecule has 0 fully saturated rings. The largest absolute Gasteiger partial charge is 0.433 e. The number of aromatic nitrogens is 1. The number of alkyl halides is 6. The monoisotopic (exact) mass is 367 g/mol. The third kappa shape index (κ3) is 2.71. The van der Waals surface area contributed by atoms with Crippen molar-refractivity contribution >= 4 is 31.9 Å². The van der Waals surface area contributed by atoms with E-state index < -0.39 is 23.9 Å². The van der Waals surface area contributed by atoms with Gasteiger partial charge in [-0.25, -0.2) is 8.78 Å². The molecule has 1 rings (SSSR count). The fourth-order valence-corrected chi connectivity index (χ4v) is 2.59. The highest BCUT2D eigenvalue weighted by molar-refractivity contribution is 9.10. The summed E-state index contributed by atoms with van der Waals surface area (Å²) in [6.07, 6.45) is -7.00. The molecular weight excluding hydrogens is 365 g/mol. The van der Waals surface area contributed by atoms with Crippen molar-refractivity contribution < 1.29 is 22.0 Å². The second-order valence-electron chi connectivity index (χ2n) is 2.79. The minimum absolute atomic E-state index is 0.212. The number of halogens is 7. The van der Waals surface area contributed by atoms with Crippen molar-refractivity contribution in [2.24, 2.45) is 0 Å². The van der Waals surface area contributed by atoms with Crippen LogP contribution in [-0.4, -0.2) is 4.98 Å². The molecule has 90 valence electrons. The van der Waals surface area contributed by atoms with E-state index in [4.69, 9.17) is 0 Å². The van der Waals surface area contributed by atoms with Crippen molar-refractivity contribution in [3.05, 3.63) is 27.5 Å². The van der Waals surface area contributed by atoms with Gasteiger partial charge in [-0.1, -0.05) is 15.9 Å². The van der Waals surface area contributed by atoms with Gasteiger partial charge in [0.2, 0.25) is 0 Å². The van der Waals surface area contributed by atoms with E-state index in [-0.39, 0.29) is 15.4 Å². The molecule has 0 spiro atoms. The van der Waals surface area contributed by atoms with E-state index in [1.807, 2.05) is 0 Å². The molecule has 16 heavy (non-hydrogen) atoms. The second kappa shape index (κ2) is 4.95. The summed E-state index contributed by atoms with van der Waals surface area (Å²) < 4.78 is 61.9. The normalized spacial score (nSPS) is 12.2. The van der Waals surface area contributed by atoms with Gasteiger partial charge in [0.15, 0.2) is 0 Å². The van der Waals surface area contributed by atoms with Crippen molar-refractivity contribution in [1.29, 1.82) is 0 Å². The van der Waals surface area contributed by atoms with Crippen LogP contribution in [0.1, 0.15) is 23.2 Å². The van der Waals surface area contributed by atoms with Crippen LogP contribution in [-0.2, 0) is 11.5 Å². The smallest absolute Gasteiger partial charge is 0.251 e. The summed E-state index contributed by atoms with van der Waals surface area (Å²) in [6.45, 7) is 0. The Balaban J connectivity index is 3.41. The minimum Gasteiger partial charge on any atom is -0.251 e. The van der Waals surface area contributed by atoms with Crippen LogP contribution < -0.4 is 0 Å². The molecule has 0 saturated carbocycles. The molecule has 0 aliphatic rings. The van der Waals surface area contributed by atoms with E-state index in [0.717, 1.165) is 0 Å². The van der Waals surface area contributed by atoms with Crippen LogP contribution in [0.5, 0.6) is 0 Å². The highest BCUT2D eigenvalue weighted by Gasteiger charge is 2.36. The Kier molecular flexibility index (Phi) is 4.28. The van der Waals surface area contributed by atoms with Crippen LogP contribution in [0.4, 0.5) is 22.0 Å². The van der Waals surface area contributed by atoms with Crippen molar-refractivity contribution in [3.8, 4) is 0 Å². The molecule has 0 aliphatic carbocycles. The third-order valence-electron chi connectivity index (χ3n) is 1.77. The van der Waals surface area contributed by atoms with Gasteiger partial charge in [0.25, 0.3) is 6.43 Å². The summed E-state index contributed by atoms with van der Waals surface area (Å²) in [5, 5.41) is -0.212. The zero-order valence-electron chi connectivity index (χ0n) is 7.45. The van der Waals surface area contributed by atoms with Gasteiger partial charge in [-0.05, 0) is 15.9 Å². The Morgan fingerprint density at radius 1 is 1.31 bits per heavy atom. The molecule has 1 heterocycles. The SMILES string of the molecule is FC(F)c1cnc(C(F)(F)F)c(CBr)c1Br. The molecule has 0 amide bonds. The third-order valence-corrected chi connectivity index (χ3v) is 3.27. The van der Waals surface area contributed by atoms with E-state index in [2.05, 4.69) is 36.8 Å². The van der Waals surface area contributed by atoms with Crippen molar-refractivity contribution in [2.75, 3.05) is 0 Å².